The molecule has 3 heteroatoms. The Bertz CT molecular complexity index is 236. The number of nitrogens with two attached hydrogens (primary N) is 1. The Labute approximate surface area is 98.4 Å². The molecule has 1 aliphatic carbocycles. The molecule has 1 unspecified atom stereocenters. The van der Waals surface area contributed by atoms with Crippen molar-refractivity contribution in [3.63, 3.8) is 0 Å². The van der Waals surface area contributed by atoms with E-state index in [4.69, 9.17) is 5.73 Å². The monoisotopic (exact) mass is 224 g/mol. The van der Waals surface area contributed by atoms with Gasteiger partial charge in [-0.25, -0.2) is 0 Å². The zero-order valence-electron chi connectivity index (χ0n) is 10.2. The molecule has 0 aromatic rings. The molecule has 0 spiro atoms. The van der Waals surface area contributed by atoms with Gasteiger partial charge < -0.3 is 10.6 Å². The smallest absolute Gasteiger partial charge is 0.222 e. The number of hydrogen-bond donors (Lipinski definition) is 1. The van der Waals surface area contributed by atoms with E-state index in [1.807, 2.05) is 4.90 Å². The van der Waals surface area contributed by atoms with E-state index in [0.717, 1.165) is 19.0 Å². The molecule has 2 aliphatic rings. The molecule has 1 aliphatic heterocycles. The molecule has 0 aromatic carbocycles. The minimum absolute atomic E-state index is 0.321. The lowest BCUT2D eigenvalue weighted by atomic mass is 10.0. The molecule has 1 saturated heterocycles. The second kappa shape index (κ2) is 5.67. The molecule has 0 aromatic heterocycles. The van der Waals surface area contributed by atoms with Crippen LogP contribution in [-0.4, -0.2) is 30.4 Å². The summed E-state index contributed by atoms with van der Waals surface area (Å²) in [6.07, 6.45) is 8.86. The average molecular weight is 224 g/mol. The molecular formula is C13H24N2O. The SMILES string of the molecule is NCC1CC(=O)N(CCCC2CCCC2)C1. The molecule has 3 nitrogen and oxygen atoms in total. The van der Waals surface area contributed by atoms with Crippen molar-refractivity contribution in [2.75, 3.05) is 19.6 Å². The second-order valence-electron chi connectivity index (χ2n) is 5.44. The van der Waals surface area contributed by atoms with E-state index in [-0.39, 0.29) is 0 Å². The molecule has 1 heterocycles. The highest BCUT2D eigenvalue weighted by Gasteiger charge is 2.28. The van der Waals surface area contributed by atoms with Gasteiger partial charge in [-0.05, 0) is 31.2 Å². The van der Waals surface area contributed by atoms with Crippen molar-refractivity contribution in [3.8, 4) is 0 Å². The summed E-state index contributed by atoms with van der Waals surface area (Å²) in [5.41, 5.74) is 5.61. The van der Waals surface area contributed by atoms with Crippen LogP contribution in [0.5, 0.6) is 0 Å². The first-order valence-corrected chi connectivity index (χ1v) is 6.77. The minimum Gasteiger partial charge on any atom is -0.342 e. The van der Waals surface area contributed by atoms with Crippen LogP contribution < -0.4 is 5.73 Å². The van der Waals surface area contributed by atoms with Gasteiger partial charge in [0.25, 0.3) is 0 Å². The van der Waals surface area contributed by atoms with E-state index >= 15 is 0 Å². The van der Waals surface area contributed by atoms with Crippen LogP contribution in [0.2, 0.25) is 0 Å². The molecule has 2 N–H and O–H groups in total. The van der Waals surface area contributed by atoms with Gasteiger partial charge >= 0.3 is 0 Å². The van der Waals surface area contributed by atoms with Crippen LogP contribution in [0.4, 0.5) is 0 Å². The maximum Gasteiger partial charge on any atom is 0.222 e. The zero-order chi connectivity index (χ0) is 11.4. The Morgan fingerprint density at radius 1 is 1.25 bits per heavy atom. The summed E-state index contributed by atoms with van der Waals surface area (Å²) < 4.78 is 0. The third-order valence-electron chi connectivity index (χ3n) is 4.14. The maximum atomic E-state index is 11.6. The Morgan fingerprint density at radius 3 is 2.62 bits per heavy atom. The van der Waals surface area contributed by atoms with Crippen LogP contribution in [-0.2, 0) is 4.79 Å². The standard InChI is InChI=1S/C13H24N2O/c14-9-12-8-13(16)15(10-12)7-3-6-11-4-1-2-5-11/h11-12H,1-10,14H2. The average Bonchev–Trinajstić information content (AvgIpc) is 2.89. The van der Waals surface area contributed by atoms with Gasteiger partial charge in [0.05, 0.1) is 0 Å². The minimum atomic E-state index is 0.321. The van der Waals surface area contributed by atoms with Gasteiger partial charge in [0.2, 0.25) is 5.91 Å². The topological polar surface area (TPSA) is 46.3 Å². The van der Waals surface area contributed by atoms with Crippen molar-refractivity contribution in [2.24, 2.45) is 17.6 Å². The van der Waals surface area contributed by atoms with E-state index in [1.165, 1.54) is 38.5 Å². The first kappa shape index (κ1) is 11.9. The normalized spacial score (nSPS) is 26.9. The van der Waals surface area contributed by atoms with E-state index in [0.29, 0.717) is 24.8 Å². The Hall–Kier alpha value is -0.570. The van der Waals surface area contributed by atoms with Gasteiger partial charge in [-0.1, -0.05) is 25.7 Å². The second-order valence-corrected chi connectivity index (χ2v) is 5.44. The summed E-state index contributed by atoms with van der Waals surface area (Å²) in [6, 6.07) is 0. The number of hydrogen-bond acceptors (Lipinski definition) is 2. The molecule has 16 heavy (non-hydrogen) atoms. The summed E-state index contributed by atoms with van der Waals surface area (Å²) in [7, 11) is 0. The Morgan fingerprint density at radius 2 is 2.00 bits per heavy atom. The first-order chi connectivity index (χ1) is 7.79. The molecule has 1 atom stereocenters. The van der Waals surface area contributed by atoms with Crippen LogP contribution in [0.25, 0.3) is 0 Å². The number of carbonyl (C=O) groups excluding carboxylic acids is 1. The van der Waals surface area contributed by atoms with Gasteiger partial charge in [-0.3, -0.25) is 4.79 Å². The third kappa shape index (κ3) is 2.97. The van der Waals surface area contributed by atoms with Crippen LogP contribution in [0.1, 0.15) is 44.9 Å². The number of likely N-dealkylation sites (tertiary alicyclic amines) is 1. The molecule has 92 valence electrons. The number of carbonyl (C=O) groups is 1. The lowest BCUT2D eigenvalue weighted by molar-refractivity contribution is -0.127. The molecule has 0 bridgehead atoms. The molecular weight excluding hydrogens is 200 g/mol. The summed E-state index contributed by atoms with van der Waals surface area (Å²) >= 11 is 0. The van der Waals surface area contributed by atoms with E-state index < -0.39 is 0 Å². The first-order valence-electron chi connectivity index (χ1n) is 6.77. The van der Waals surface area contributed by atoms with Gasteiger partial charge in [-0.2, -0.15) is 0 Å². The van der Waals surface area contributed by atoms with Crippen LogP contribution in [0.3, 0.4) is 0 Å². The van der Waals surface area contributed by atoms with Crippen molar-refractivity contribution in [1.82, 2.24) is 4.90 Å². The fourth-order valence-electron chi connectivity index (χ4n) is 3.10. The van der Waals surface area contributed by atoms with Gasteiger partial charge in [0.15, 0.2) is 0 Å². The lowest BCUT2D eigenvalue weighted by Crippen LogP contribution is -2.27. The predicted molar refractivity (Wildman–Crippen MR) is 64.9 cm³/mol. The zero-order valence-corrected chi connectivity index (χ0v) is 10.2. The van der Waals surface area contributed by atoms with E-state index in [2.05, 4.69) is 0 Å². The fourth-order valence-corrected chi connectivity index (χ4v) is 3.10. The molecule has 0 radical (unpaired) electrons. The highest BCUT2D eigenvalue weighted by Crippen LogP contribution is 2.28. The van der Waals surface area contributed by atoms with Gasteiger partial charge in [0, 0.05) is 19.5 Å². The number of amides is 1. The van der Waals surface area contributed by atoms with Crippen LogP contribution >= 0.6 is 0 Å². The quantitative estimate of drug-likeness (QED) is 0.773. The Balaban J connectivity index is 1.64. The molecule has 2 rings (SSSR count). The molecule has 2 fully saturated rings. The maximum absolute atomic E-state index is 11.6. The highest BCUT2D eigenvalue weighted by molar-refractivity contribution is 5.78. The van der Waals surface area contributed by atoms with Crippen molar-refractivity contribution in [1.29, 1.82) is 0 Å². The van der Waals surface area contributed by atoms with Crippen molar-refractivity contribution < 1.29 is 4.79 Å². The summed E-state index contributed by atoms with van der Waals surface area (Å²) in [4.78, 5) is 13.7. The lowest BCUT2D eigenvalue weighted by Gasteiger charge is -2.17. The van der Waals surface area contributed by atoms with Crippen molar-refractivity contribution in [2.45, 2.75) is 44.9 Å². The third-order valence-corrected chi connectivity index (χ3v) is 4.14. The fraction of sp³-hybridized carbons (Fsp3) is 0.923. The van der Waals surface area contributed by atoms with Crippen LogP contribution in [0.15, 0.2) is 0 Å². The number of nitrogens with zero attached hydrogens (tertiary/aromatic N) is 1. The molecule has 1 amide bonds. The van der Waals surface area contributed by atoms with Gasteiger partial charge in [-0.15, -0.1) is 0 Å². The van der Waals surface area contributed by atoms with Gasteiger partial charge in [0.1, 0.15) is 0 Å². The number of rotatable bonds is 5. The summed E-state index contributed by atoms with van der Waals surface area (Å²) in [6.45, 7) is 2.52. The van der Waals surface area contributed by atoms with Crippen molar-refractivity contribution >= 4 is 5.91 Å². The summed E-state index contributed by atoms with van der Waals surface area (Å²) in [5.74, 6) is 1.68. The van der Waals surface area contributed by atoms with E-state index in [1.54, 1.807) is 0 Å². The Kier molecular flexibility index (Phi) is 4.22. The predicted octanol–water partition coefficient (Wildman–Crippen LogP) is 1.76. The van der Waals surface area contributed by atoms with E-state index in [9.17, 15) is 4.79 Å². The molecule has 1 saturated carbocycles. The summed E-state index contributed by atoms with van der Waals surface area (Å²) in [5, 5.41) is 0. The highest BCUT2D eigenvalue weighted by atomic mass is 16.2. The van der Waals surface area contributed by atoms with Crippen molar-refractivity contribution in [3.05, 3.63) is 0 Å². The largest absolute Gasteiger partial charge is 0.342 e. The van der Waals surface area contributed by atoms with Crippen LogP contribution in [0, 0.1) is 11.8 Å².